The maximum absolute atomic E-state index is 11.9. The number of carbonyl (C=O) groups excluding carboxylic acids is 1. The van der Waals surface area contributed by atoms with Crippen LogP contribution in [0.4, 0.5) is 0 Å². The van der Waals surface area contributed by atoms with Gasteiger partial charge in [0.05, 0.1) is 19.8 Å². The third-order valence-electron chi connectivity index (χ3n) is 4.02. The minimum Gasteiger partial charge on any atom is -0.378 e. The van der Waals surface area contributed by atoms with E-state index in [-0.39, 0.29) is 10.5 Å². The highest BCUT2D eigenvalue weighted by atomic mass is 32.2. The molecule has 0 aliphatic heterocycles. The van der Waals surface area contributed by atoms with Gasteiger partial charge in [0.2, 0.25) is 0 Å². The van der Waals surface area contributed by atoms with Crippen LogP contribution in [0.5, 0.6) is 0 Å². The predicted molar refractivity (Wildman–Crippen MR) is 125 cm³/mol. The molecule has 0 rings (SSSR count). The van der Waals surface area contributed by atoms with Crippen LogP contribution in [-0.2, 0) is 14.1 Å². The fourth-order valence-electron chi connectivity index (χ4n) is 2.93. The molecule has 0 aromatic heterocycles. The van der Waals surface area contributed by atoms with Crippen molar-refractivity contribution in [1.82, 2.24) is 9.34 Å². The van der Waals surface area contributed by atoms with Crippen molar-refractivity contribution in [2.75, 3.05) is 25.6 Å². The fourth-order valence-corrected chi connectivity index (χ4v) is 6.07. The zero-order valence-electron chi connectivity index (χ0n) is 20.1. The van der Waals surface area contributed by atoms with Gasteiger partial charge < -0.3 is 9.26 Å². The molecule has 168 valence electrons. The molecule has 28 heavy (non-hydrogen) atoms. The Labute approximate surface area is 180 Å². The summed E-state index contributed by atoms with van der Waals surface area (Å²) < 4.78 is 17.1. The average Bonchev–Trinajstić information content (AvgIpc) is 2.50. The van der Waals surface area contributed by atoms with E-state index in [1.165, 1.54) is 11.8 Å². The maximum Gasteiger partial charge on any atom is 0.194 e. The minimum atomic E-state index is -0.868. The van der Waals surface area contributed by atoms with Crippen LogP contribution in [0, 0.1) is 5.41 Å². The number of hydrogen-bond donors (Lipinski definition) is 0. The third-order valence-corrected chi connectivity index (χ3v) is 8.32. The molecule has 0 saturated carbocycles. The molecule has 0 spiro atoms. The first-order chi connectivity index (χ1) is 12.8. The molecule has 0 N–H and O–H groups in total. The summed E-state index contributed by atoms with van der Waals surface area (Å²) in [5.41, 5.74) is -0.294. The van der Waals surface area contributed by atoms with Crippen molar-refractivity contribution in [3.8, 4) is 0 Å². The predicted octanol–water partition coefficient (Wildman–Crippen LogP) is 5.79. The van der Waals surface area contributed by atoms with Crippen molar-refractivity contribution in [1.29, 1.82) is 0 Å². The van der Waals surface area contributed by atoms with Crippen molar-refractivity contribution in [2.24, 2.45) is 5.41 Å². The van der Waals surface area contributed by atoms with Crippen molar-refractivity contribution >= 4 is 25.3 Å². The van der Waals surface area contributed by atoms with Crippen molar-refractivity contribution in [3.63, 3.8) is 0 Å². The van der Waals surface area contributed by atoms with Gasteiger partial charge in [0, 0.05) is 35.3 Å². The Morgan fingerprint density at radius 3 is 1.61 bits per heavy atom. The Hall–Kier alpha value is 0.290. The Bertz CT molecular complexity index is 404. The molecule has 0 unspecified atom stereocenters. The molecule has 0 aliphatic rings. The Morgan fingerprint density at radius 2 is 1.25 bits per heavy atom. The normalized spacial score (nSPS) is 13.4. The lowest BCUT2D eigenvalue weighted by molar-refractivity contribution is -0.117. The molecule has 0 bridgehead atoms. The molecule has 0 amide bonds. The molecule has 0 saturated heterocycles. The monoisotopic (exact) mass is 436 g/mol. The molecular formula is C21H45N2O3PS. The van der Waals surface area contributed by atoms with Crippen molar-refractivity contribution in [2.45, 2.75) is 100 Å². The maximum atomic E-state index is 11.9. The van der Waals surface area contributed by atoms with Crippen LogP contribution >= 0.6 is 20.2 Å². The van der Waals surface area contributed by atoms with E-state index in [0.29, 0.717) is 49.7 Å². The summed E-state index contributed by atoms with van der Waals surface area (Å²) in [4.78, 5) is 11.9. The van der Waals surface area contributed by atoms with E-state index in [0.717, 1.165) is 0 Å². The molecule has 0 fully saturated rings. The lowest BCUT2D eigenvalue weighted by Crippen LogP contribution is -2.43. The van der Waals surface area contributed by atoms with E-state index < -0.39 is 8.45 Å². The molecule has 0 aromatic rings. The van der Waals surface area contributed by atoms with Crippen LogP contribution in [0.1, 0.15) is 76.2 Å². The zero-order valence-corrected chi connectivity index (χ0v) is 21.8. The molecule has 0 aliphatic carbocycles. The highest BCUT2D eigenvalue weighted by molar-refractivity contribution is 8.13. The Balaban J connectivity index is 4.68. The summed E-state index contributed by atoms with van der Waals surface area (Å²) >= 11 is 1.36. The quantitative estimate of drug-likeness (QED) is 0.269. The zero-order chi connectivity index (χ0) is 22.1. The number of thioether (sulfide) groups is 1. The molecule has 0 aromatic carbocycles. The van der Waals surface area contributed by atoms with E-state index in [4.69, 9.17) is 9.26 Å². The number of carbonyl (C=O) groups is 1. The van der Waals surface area contributed by atoms with E-state index in [1.54, 1.807) is 0 Å². The summed E-state index contributed by atoms with van der Waals surface area (Å²) in [6.45, 7) is 25.4. The summed E-state index contributed by atoms with van der Waals surface area (Å²) in [6, 6.07) is 1.64. The second kappa shape index (κ2) is 13.6. The largest absolute Gasteiger partial charge is 0.378 e. The van der Waals surface area contributed by atoms with E-state index >= 15 is 0 Å². The smallest absolute Gasteiger partial charge is 0.194 e. The number of hydrogen-bond acceptors (Lipinski definition) is 6. The first-order valence-corrected chi connectivity index (χ1v) is 12.7. The van der Waals surface area contributed by atoms with Gasteiger partial charge in [-0.25, -0.2) is 9.34 Å². The van der Waals surface area contributed by atoms with Crippen LogP contribution in [0.25, 0.3) is 0 Å². The standard InChI is InChI=1S/C21H45N2O3PS/c1-16(2)22(17(3)4)27(23(18(5)6)19(7)8)26-13-12-25-14-15-28-20(24)21(9,10)11/h16-19H,12-15H2,1-11H3. The van der Waals surface area contributed by atoms with E-state index in [1.807, 2.05) is 20.8 Å². The topological polar surface area (TPSA) is 42.0 Å². The van der Waals surface area contributed by atoms with Crippen LogP contribution in [-0.4, -0.2) is 64.2 Å². The molecular weight excluding hydrogens is 391 g/mol. The average molecular weight is 437 g/mol. The summed E-state index contributed by atoms with van der Waals surface area (Å²) in [5.74, 6) is 0.694. The fraction of sp³-hybridized carbons (Fsp3) is 0.952. The van der Waals surface area contributed by atoms with Crippen LogP contribution < -0.4 is 0 Å². The minimum absolute atomic E-state index is 0.213. The second-order valence-corrected chi connectivity index (χ2v) is 12.0. The van der Waals surface area contributed by atoms with Gasteiger partial charge in [-0.15, -0.1) is 0 Å². The van der Waals surface area contributed by atoms with Crippen LogP contribution in [0.2, 0.25) is 0 Å². The highest BCUT2D eigenvalue weighted by Gasteiger charge is 2.34. The molecule has 0 radical (unpaired) electrons. The molecule has 0 atom stereocenters. The third kappa shape index (κ3) is 10.4. The van der Waals surface area contributed by atoms with Gasteiger partial charge in [-0.05, 0) is 55.4 Å². The number of nitrogens with zero attached hydrogens (tertiary/aromatic N) is 2. The van der Waals surface area contributed by atoms with Gasteiger partial charge in [-0.3, -0.25) is 4.79 Å². The van der Waals surface area contributed by atoms with Crippen molar-refractivity contribution in [3.05, 3.63) is 0 Å². The van der Waals surface area contributed by atoms with Gasteiger partial charge in [-0.2, -0.15) is 0 Å². The lowest BCUT2D eigenvalue weighted by atomic mass is 10.00. The Kier molecular flexibility index (Phi) is 13.7. The summed E-state index contributed by atoms with van der Waals surface area (Å²) in [6.07, 6.45) is 0. The first-order valence-electron chi connectivity index (χ1n) is 10.5. The number of rotatable bonds is 13. The number of ether oxygens (including phenoxy) is 1. The highest BCUT2D eigenvalue weighted by Crippen LogP contribution is 2.50. The van der Waals surface area contributed by atoms with E-state index in [9.17, 15) is 4.79 Å². The van der Waals surface area contributed by atoms with Crippen LogP contribution in [0.3, 0.4) is 0 Å². The molecule has 7 heteroatoms. The van der Waals surface area contributed by atoms with Gasteiger partial charge in [0.25, 0.3) is 0 Å². The Morgan fingerprint density at radius 1 is 0.821 bits per heavy atom. The molecule has 5 nitrogen and oxygen atoms in total. The van der Waals surface area contributed by atoms with Gasteiger partial charge >= 0.3 is 0 Å². The summed E-state index contributed by atoms with van der Waals surface area (Å²) in [7, 11) is -0.868. The first kappa shape index (κ1) is 28.3. The van der Waals surface area contributed by atoms with E-state index in [2.05, 4.69) is 64.7 Å². The van der Waals surface area contributed by atoms with Gasteiger partial charge in [0.15, 0.2) is 13.6 Å². The van der Waals surface area contributed by atoms with Crippen LogP contribution in [0.15, 0.2) is 0 Å². The van der Waals surface area contributed by atoms with Gasteiger partial charge in [0.1, 0.15) is 0 Å². The van der Waals surface area contributed by atoms with Gasteiger partial charge in [-0.1, -0.05) is 32.5 Å². The summed E-state index contributed by atoms with van der Waals surface area (Å²) in [5, 5.41) is 0.213. The molecule has 0 heterocycles. The SMILES string of the molecule is CC(C)N(C(C)C)P(OCCOCCSC(=O)C(C)(C)C)N(C(C)C)C(C)C. The second-order valence-electron chi connectivity index (χ2n) is 9.22. The lowest BCUT2D eigenvalue weighted by Gasteiger charge is -2.45. The van der Waals surface area contributed by atoms with Crippen molar-refractivity contribution < 1.29 is 14.1 Å².